The minimum atomic E-state index is -0.637. The second-order valence-electron chi connectivity index (χ2n) is 6.28. The van der Waals surface area contributed by atoms with Gasteiger partial charge >= 0.3 is 0 Å². The van der Waals surface area contributed by atoms with Crippen LogP contribution in [-0.4, -0.2) is 54.3 Å². The van der Waals surface area contributed by atoms with E-state index in [9.17, 15) is 9.90 Å². The van der Waals surface area contributed by atoms with Crippen LogP contribution in [0.5, 0.6) is 5.75 Å². The van der Waals surface area contributed by atoms with Crippen LogP contribution in [0.3, 0.4) is 0 Å². The Morgan fingerprint density at radius 1 is 1.35 bits per heavy atom. The summed E-state index contributed by atoms with van der Waals surface area (Å²) in [6.07, 6.45) is -0.637. The molecule has 1 aromatic rings. The van der Waals surface area contributed by atoms with Crippen molar-refractivity contribution >= 4 is 5.91 Å². The maximum Gasteiger partial charge on any atom is 0.234 e. The minimum absolute atomic E-state index is 0.0236. The van der Waals surface area contributed by atoms with Gasteiger partial charge in [0.1, 0.15) is 18.5 Å². The third kappa shape index (κ3) is 7.48. The minimum Gasteiger partial charge on any atom is -0.491 e. The molecule has 130 valence electrons. The van der Waals surface area contributed by atoms with E-state index in [1.54, 1.807) is 0 Å². The average Bonchev–Trinajstić information content (AvgIpc) is 2.46. The molecular weight excluding hydrogens is 292 g/mol. The summed E-state index contributed by atoms with van der Waals surface area (Å²) in [7, 11) is 0. The number of carbonyl (C=O) groups excluding carboxylic acids is 1. The lowest BCUT2D eigenvalue weighted by Crippen LogP contribution is -2.43. The van der Waals surface area contributed by atoms with E-state index in [0.717, 1.165) is 16.9 Å². The van der Waals surface area contributed by atoms with Gasteiger partial charge in [-0.1, -0.05) is 19.1 Å². The summed E-state index contributed by atoms with van der Waals surface area (Å²) in [4.78, 5) is 13.7. The van der Waals surface area contributed by atoms with Gasteiger partial charge in [0.15, 0.2) is 0 Å². The maximum absolute atomic E-state index is 11.8. The maximum atomic E-state index is 11.8. The molecule has 0 aliphatic carbocycles. The van der Waals surface area contributed by atoms with Crippen molar-refractivity contribution < 1.29 is 14.6 Å². The van der Waals surface area contributed by atoms with Gasteiger partial charge in [0.05, 0.1) is 6.54 Å². The molecule has 5 heteroatoms. The number of rotatable bonds is 9. The van der Waals surface area contributed by atoms with Crippen LogP contribution >= 0.6 is 0 Å². The van der Waals surface area contributed by atoms with Crippen molar-refractivity contribution in [1.29, 1.82) is 0 Å². The molecule has 1 aromatic carbocycles. The predicted molar refractivity (Wildman–Crippen MR) is 92.8 cm³/mol. The van der Waals surface area contributed by atoms with Crippen LogP contribution in [0.1, 0.15) is 31.9 Å². The molecule has 1 amide bonds. The fourth-order valence-corrected chi connectivity index (χ4v) is 2.28. The SMILES string of the molecule is CCN(CC(=O)NC(C)C)CC(O)COc1cc(C)ccc1C. The Morgan fingerprint density at radius 3 is 2.65 bits per heavy atom. The smallest absolute Gasteiger partial charge is 0.234 e. The van der Waals surface area contributed by atoms with Crippen LogP contribution in [0.25, 0.3) is 0 Å². The van der Waals surface area contributed by atoms with Crippen molar-refractivity contribution in [2.45, 2.75) is 46.8 Å². The van der Waals surface area contributed by atoms with Crippen molar-refractivity contribution in [3.05, 3.63) is 29.3 Å². The first-order valence-electron chi connectivity index (χ1n) is 8.21. The normalized spacial score (nSPS) is 12.5. The Morgan fingerprint density at radius 2 is 2.04 bits per heavy atom. The zero-order valence-corrected chi connectivity index (χ0v) is 14.9. The molecule has 0 heterocycles. The molecule has 0 fully saturated rings. The molecule has 0 bridgehead atoms. The quantitative estimate of drug-likeness (QED) is 0.729. The van der Waals surface area contributed by atoms with Crippen molar-refractivity contribution in [1.82, 2.24) is 10.2 Å². The van der Waals surface area contributed by atoms with E-state index < -0.39 is 6.10 Å². The third-order valence-corrected chi connectivity index (χ3v) is 3.51. The zero-order chi connectivity index (χ0) is 17.4. The van der Waals surface area contributed by atoms with Crippen molar-refractivity contribution in [2.24, 2.45) is 0 Å². The molecule has 1 unspecified atom stereocenters. The van der Waals surface area contributed by atoms with Gasteiger partial charge in [-0.25, -0.2) is 0 Å². The molecule has 2 N–H and O–H groups in total. The molecule has 0 spiro atoms. The first kappa shape index (κ1) is 19.5. The fraction of sp³-hybridized carbons (Fsp3) is 0.611. The van der Waals surface area contributed by atoms with Gasteiger partial charge in [-0.2, -0.15) is 0 Å². The summed E-state index contributed by atoms with van der Waals surface area (Å²) < 4.78 is 5.72. The van der Waals surface area contributed by atoms with Crippen LogP contribution in [0, 0.1) is 13.8 Å². The molecular formula is C18H30N2O3. The summed E-state index contributed by atoms with van der Waals surface area (Å²) in [5.74, 6) is 0.772. The summed E-state index contributed by atoms with van der Waals surface area (Å²) >= 11 is 0. The van der Waals surface area contributed by atoms with Crippen LogP contribution in [0.15, 0.2) is 18.2 Å². The highest BCUT2D eigenvalue weighted by molar-refractivity contribution is 5.78. The second-order valence-corrected chi connectivity index (χ2v) is 6.28. The van der Waals surface area contributed by atoms with E-state index in [-0.39, 0.29) is 25.1 Å². The van der Waals surface area contributed by atoms with E-state index in [1.165, 1.54) is 0 Å². The molecule has 23 heavy (non-hydrogen) atoms. The van der Waals surface area contributed by atoms with Gasteiger partial charge < -0.3 is 15.2 Å². The number of hydrogen-bond donors (Lipinski definition) is 2. The van der Waals surface area contributed by atoms with Crippen LogP contribution in [-0.2, 0) is 4.79 Å². The first-order valence-corrected chi connectivity index (χ1v) is 8.21. The molecule has 0 saturated carbocycles. The number of hydrogen-bond acceptors (Lipinski definition) is 4. The lowest BCUT2D eigenvalue weighted by molar-refractivity contribution is -0.123. The number of likely N-dealkylation sites (N-methyl/N-ethyl adjacent to an activating group) is 1. The van der Waals surface area contributed by atoms with E-state index >= 15 is 0 Å². The lowest BCUT2D eigenvalue weighted by atomic mass is 10.1. The van der Waals surface area contributed by atoms with Gasteiger partial charge in [-0.3, -0.25) is 9.69 Å². The van der Waals surface area contributed by atoms with Gasteiger partial charge in [0, 0.05) is 12.6 Å². The average molecular weight is 322 g/mol. The highest BCUT2D eigenvalue weighted by Gasteiger charge is 2.15. The van der Waals surface area contributed by atoms with Crippen molar-refractivity contribution in [3.8, 4) is 5.75 Å². The van der Waals surface area contributed by atoms with E-state index in [2.05, 4.69) is 5.32 Å². The summed E-state index contributed by atoms with van der Waals surface area (Å²) in [6.45, 7) is 11.4. The topological polar surface area (TPSA) is 61.8 Å². The second kappa shape index (κ2) is 9.53. The molecule has 1 atom stereocenters. The predicted octanol–water partition coefficient (Wildman–Crippen LogP) is 1.89. The first-order chi connectivity index (χ1) is 10.8. The number of amides is 1. The molecule has 0 aliphatic rings. The number of carbonyl (C=O) groups is 1. The monoisotopic (exact) mass is 322 g/mol. The van der Waals surface area contributed by atoms with Crippen LogP contribution in [0.2, 0.25) is 0 Å². The number of aliphatic hydroxyl groups excluding tert-OH is 1. The van der Waals surface area contributed by atoms with Crippen LogP contribution in [0.4, 0.5) is 0 Å². The number of nitrogens with one attached hydrogen (secondary N) is 1. The summed E-state index contributed by atoms with van der Waals surface area (Å²) in [6, 6.07) is 6.13. The Hall–Kier alpha value is -1.59. The Kier molecular flexibility index (Phi) is 8.06. The Bertz CT molecular complexity index is 503. The van der Waals surface area contributed by atoms with Gasteiger partial charge in [0.25, 0.3) is 0 Å². The third-order valence-electron chi connectivity index (χ3n) is 3.51. The number of aliphatic hydroxyl groups is 1. The van der Waals surface area contributed by atoms with Gasteiger partial charge in [-0.15, -0.1) is 0 Å². The number of ether oxygens (including phenoxy) is 1. The standard InChI is InChI=1S/C18H30N2O3/c1-6-20(11-18(22)19-13(2)3)10-16(21)12-23-17-9-14(4)7-8-15(17)5/h7-9,13,16,21H,6,10-12H2,1-5H3,(H,19,22). The van der Waals surface area contributed by atoms with E-state index in [0.29, 0.717) is 13.1 Å². The number of benzene rings is 1. The molecule has 0 saturated heterocycles. The van der Waals surface area contributed by atoms with Crippen molar-refractivity contribution in [3.63, 3.8) is 0 Å². The van der Waals surface area contributed by atoms with Crippen LogP contribution < -0.4 is 10.1 Å². The summed E-state index contributed by atoms with van der Waals surface area (Å²) in [5.41, 5.74) is 2.17. The fourth-order valence-electron chi connectivity index (χ4n) is 2.28. The molecule has 0 radical (unpaired) electrons. The molecule has 5 nitrogen and oxygen atoms in total. The van der Waals surface area contributed by atoms with E-state index in [1.807, 2.05) is 57.7 Å². The highest BCUT2D eigenvalue weighted by Crippen LogP contribution is 2.19. The number of aryl methyl sites for hydroxylation is 2. The van der Waals surface area contributed by atoms with Crippen molar-refractivity contribution in [2.75, 3.05) is 26.2 Å². The van der Waals surface area contributed by atoms with E-state index in [4.69, 9.17) is 4.74 Å². The molecule has 0 aliphatic heterocycles. The highest BCUT2D eigenvalue weighted by atomic mass is 16.5. The largest absolute Gasteiger partial charge is 0.491 e. The Balaban J connectivity index is 2.45. The molecule has 1 rings (SSSR count). The van der Waals surface area contributed by atoms with Gasteiger partial charge in [0.2, 0.25) is 5.91 Å². The number of nitrogens with zero attached hydrogens (tertiary/aromatic N) is 1. The van der Waals surface area contributed by atoms with Gasteiger partial charge in [-0.05, 0) is 51.4 Å². The molecule has 0 aromatic heterocycles. The zero-order valence-electron chi connectivity index (χ0n) is 14.9. The Labute approximate surface area is 139 Å². The lowest BCUT2D eigenvalue weighted by Gasteiger charge is -2.24. The summed E-state index contributed by atoms with van der Waals surface area (Å²) in [5, 5.41) is 13.0.